The highest BCUT2D eigenvalue weighted by atomic mass is 16.5. The summed E-state index contributed by atoms with van der Waals surface area (Å²) in [6.07, 6.45) is 0. The van der Waals surface area contributed by atoms with E-state index in [9.17, 15) is 14.9 Å². The number of hydrogen-bond acceptors (Lipinski definition) is 7. The van der Waals surface area contributed by atoms with E-state index in [0.717, 1.165) is 0 Å². The van der Waals surface area contributed by atoms with Gasteiger partial charge in [0.05, 0.1) is 50.7 Å². The van der Waals surface area contributed by atoms with Crippen LogP contribution in [0.2, 0.25) is 0 Å². The number of carbonyl (C=O) groups excluding carboxylic acids is 2. The van der Waals surface area contributed by atoms with E-state index >= 15 is 0 Å². The Morgan fingerprint density at radius 3 is 2.15 bits per heavy atom. The Morgan fingerprint density at radius 2 is 1.62 bits per heavy atom. The van der Waals surface area contributed by atoms with Gasteiger partial charge in [0.15, 0.2) is 0 Å². The van der Waals surface area contributed by atoms with Crippen LogP contribution in [0.15, 0.2) is 30.3 Å². The van der Waals surface area contributed by atoms with E-state index in [1.165, 1.54) is 46.6 Å². The highest BCUT2D eigenvalue weighted by Gasteiger charge is 2.28. The molecule has 134 valence electrons. The summed E-state index contributed by atoms with van der Waals surface area (Å²) in [5.74, 6) is -0.690. The summed E-state index contributed by atoms with van der Waals surface area (Å²) >= 11 is 0. The van der Waals surface area contributed by atoms with Crippen LogP contribution in [0.25, 0.3) is 0 Å². The van der Waals surface area contributed by atoms with Crippen LogP contribution >= 0.6 is 0 Å². The first-order chi connectivity index (χ1) is 12.5. The molecule has 0 spiro atoms. The van der Waals surface area contributed by atoms with Gasteiger partial charge in [-0.25, -0.2) is 4.79 Å². The molecule has 0 radical (unpaired) electrons. The van der Waals surface area contributed by atoms with Gasteiger partial charge in [-0.15, -0.1) is 0 Å². The van der Waals surface area contributed by atoms with Crippen LogP contribution in [0.3, 0.4) is 0 Å². The molecule has 0 aromatic heterocycles. The molecule has 0 aliphatic rings. The van der Waals surface area contributed by atoms with Gasteiger partial charge < -0.3 is 18.9 Å². The molecule has 0 saturated heterocycles. The number of hydrogen-bond donors (Lipinski definition) is 0. The molecular formula is C19H17NO6. The molecule has 2 aromatic carbocycles. The van der Waals surface area contributed by atoms with Gasteiger partial charge in [-0.1, -0.05) is 6.07 Å². The zero-order chi connectivity index (χ0) is 19.3. The Morgan fingerprint density at radius 1 is 0.923 bits per heavy atom. The van der Waals surface area contributed by atoms with Gasteiger partial charge in [0.25, 0.3) is 0 Å². The standard InChI is InChI=1S/C19H17NO6/c1-23-12-8-13(19(22)26-4)17(15(9-12)25-3)18(21)16-11(10-20)6-5-7-14(16)24-2/h5-9H,1-4H3. The molecule has 0 heterocycles. The number of methoxy groups -OCH3 is 4. The fraction of sp³-hybridized carbons (Fsp3) is 0.211. The molecule has 0 saturated carbocycles. The second kappa shape index (κ2) is 8.03. The summed E-state index contributed by atoms with van der Waals surface area (Å²) in [6.45, 7) is 0. The third-order valence-corrected chi connectivity index (χ3v) is 3.76. The number of esters is 1. The largest absolute Gasteiger partial charge is 0.497 e. The van der Waals surface area contributed by atoms with Crippen LogP contribution < -0.4 is 14.2 Å². The highest BCUT2D eigenvalue weighted by molar-refractivity contribution is 6.18. The molecular weight excluding hydrogens is 338 g/mol. The molecule has 0 N–H and O–H groups in total. The first-order valence-electron chi connectivity index (χ1n) is 7.48. The molecule has 7 nitrogen and oxygen atoms in total. The van der Waals surface area contributed by atoms with Gasteiger partial charge >= 0.3 is 5.97 Å². The average Bonchev–Trinajstić information content (AvgIpc) is 2.70. The Labute approximate surface area is 150 Å². The van der Waals surface area contributed by atoms with E-state index in [-0.39, 0.29) is 33.8 Å². The van der Waals surface area contributed by atoms with E-state index < -0.39 is 11.8 Å². The summed E-state index contributed by atoms with van der Waals surface area (Å²) in [4.78, 5) is 25.5. The Bertz CT molecular complexity index is 898. The lowest BCUT2D eigenvalue weighted by Gasteiger charge is -2.16. The van der Waals surface area contributed by atoms with E-state index in [1.807, 2.05) is 6.07 Å². The van der Waals surface area contributed by atoms with Crippen LogP contribution in [-0.4, -0.2) is 40.2 Å². The zero-order valence-corrected chi connectivity index (χ0v) is 14.8. The number of ether oxygens (including phenoxy) is 4. The van der Waals surface area contributed by atoms with Crippen molar-refractivity contribution < 1.29 is 28.5 Å². The molecule has 0 bridgehead atoms. The number of nitriles is 1. The second-order valence-corrected chi connectivity index (χ2v) is 5.07. The normalized spacial score (nSPS) is 9.81. The number of carbonyl (C=O) groups is 2. The summed E-state index contributed by atoms with van der Waals surface area (Å²) in [5.41, 5.74) is 0.0683. The number of benzene rings is 2. The average molecular weight is 355 g/mol. The maximum absolute atomic E-state index is 13.3. The fourth-order valence-electron chi connectivity index (χ4n) is 2.53. The maximum Gasteiger partial charge on any atom is 0.338 e. The monoisotopic (exact) mass is 355 g/mol. The van der Waals surface area contributed by atoms with Gasteiger partial charge in [0.1, 0.15) is 23.3 Å². The lowest BCUT2D eigenvalue weighted by Crippen LogP contribution is -2.15. The van der Waals surface area contributed by atoms with Crippen molar-refractivity contribution in [3.8, 4) is 23.3 Å². The first kappa shape index (κ1) is 18.8. The van der Waals surface area contributed by atoms with Gasteiger partial charge in [-0.05, 0) is 18.2 Å². The van der Waals surface area contributed by atoms with Crippen molar-refractivity contribution in [2.24, 2.45) is 0 Å². The van der Waals surface area contributed by atoms with E-state index in [4.69, 9.17) is 18.9 Å². The van der Waals surface area contributed by atoms with Crippen LogP contribution in [0.5, 0.6) is 17.2 Å². The molecule has 0 amide bonds. The third-order valence-electron chi connectivity index (χ3n) is 3.76. The molecule has 0 aliphatic heterocycles. The second-order valence-electron chi connectivity index (χ2n) is 5.07. The van der Waals surface area contributed by atoms with Crippen LogP contribution in [-0.2, 0) is 4.74 Å². The lowest BCUT2D eigenvalue weighted by atomic mass is 9.93. The number of rotatable bonds is 6. The van der Waals surface area contributed by atoms with Crippen LogP contribution in [0.4, 0.5) is 0 Å². The molecule has 0 aliphatic carbocycles. The Hall–Kier alpha value is -3.53. The summed E-state index contributed by atoms with van der Waals surface area (Å²) in [5, 5.41) is 9.37. The molecule has 7 heteroatoms. The van der Waals surface area contributed by atoms with E-state index in [0.29, 0.717) is 5.75 Å². The number of ketones is 1. The first-order valence-corrected chi connectivity index (χ1v) is 7.48. The van der Waals surface area contributed by atoms with E-state index in [1.54, 1.807) is 12.1 Å². The van der Waals surface area contributed by atoms with Crippen molar-refractivity contribution >= 4 is 11.8 Å². The predicted octanol–water partition coefficient (Wildman–Crippen LogP) is 2.60. The summed E-state index contributed by atoms with van der Waals surface area (Å²) in [6, 6.07) is 9.46. The maximum atomic E-state index is 13.3. The van der Waals surface area contributed by atoms with Gasteiger partial charge in [-0.2, -0.15) is 5.26 Å². The smallest absolute Gasteiger partial charge is 0.338 e. The van der Waals surface area contributed by atoms with Crippen molar-refractivity contribution in [3.63, 3.8) is 0 Å². The van der Waals surface area contributed by atoms with Crippen molar-refractivity contribution in [3.05, 3.63) is 52.6 Å². The number of nitrogens with zero attached hydrogens (tertiary/aromatic N) is 1. The van der Waals surface area contributed by atoms with Crippen molar-refractivity contribution in [2.75, 3.05) is 28.4 Å². The lowest BCUT2D eigenvalue weighted by molar-refractivity contribution is 0.0596. The van der Waals surface area contributed by atoms with Crippen LogP contribution in [0.1, 0.15) is 31.8 Å². The van der Waals surface area contributed by atoms with Gasteiger partial charge in [0.2, 0.25) is 5.78 Å². The topological polar surface area (TPSA) is 94.9 Å². The van der Waals surface area contributed by atoms with Crippen LogP contribution in [0, 0.1) is 11.3 Å². The van der Waals surface area contributed by atoms with Gasteiger partial charge in [-0.3, -0.25) is 4.79 Å². The van der Waals surface area contributed by atoms with Crippen molar-refractivity contribution in [1.29, 1.82) is 5.26 Å². The van der Waals surface area contributed by atoms with Gasteiger partial charge in [0, 0.05) is 6.07 Å². The van der Waals surface area contributed by atoms with Crippen molar-refractivity contribution in [2.45, 2.75) is 0 Å². The summed E-state index contributed by atoms with van der Waals surface area (Å²) < 4.78 is 20.4. The predicted molar refractivity (Wildman–Crippen MR) is 92.0 cm³/mol. The Kier molecular flexibility index (Phi) is 5.81. The highest BCUT2D eigenvalue weighted by Crippen LogP contribution is 2.34. The van der Waals surface area contributed by atoms with E-state index in [2.05, 4.69) is 0 Å². The summed E-state index contributed by atoms with van der Waals surface area (Å²) in [7, 11) is 5.37. The molecule has 26 heavy (non-hydrogen) atoms. The SMILES string of the molecule is COC(=O)c1cc(OC)cc(OC)c1C(=O)c1c(C#N)cccc1OC. The van der Waals surface area contributed by atoms with Crippen molar-refractivity contribution in [1.82, 2.24) is 0 Å². The molecule has 0 atom stereocenters. The minimum absolute atomic E-state index is 0.0334. The molecule has 2 aromatic rings. The molecule has 2 rings (SSSR count). The minimum Gasteiger partial charge on any atom is -0.497 e. The Balaban J connectivity index is 2.82. The quantitative estimate of drug-likeness (QED) is 0.580. The molecule has 0 unspecified atom stereocenters. The zero-order valence-electron chi connectivity index (χ0n) is 14.8. The minimum atomic E-state index is -0.737. The molecule has 0 fully saturated rings. The third kappa shape index (κ3) is 3.30. The fourth-order valence-corrected chi connectivity index (χ4v) is 2.53.